The molecule has 3 rings (SSSR count). The average Bonchev–Trinajstić information content (AvgIpc) is 2.71. The first-order valence-electron chi connectivity index (χ1n) is 9.43. The second kappa shape index (κ2) is 9.34. The Morgan fingerprint density at radius 3 is 2.41 bits per heavy atom. The molecule has 1 atom stereocenters. The van der Waals surface area contributed by atoms with Crippen molar-refractivity contribution >= 4 is 11.6 Å². The number of nitrogens with zero attached hydrogens (tertiary/aromatic N) is 1. The fourth-order valence-corrected chi connectivity index (χ4v) is 3.33. The normalized spacial score (nSPS) is 11.9. The van der Waals surface area contributed by atoms with Gasteiger partial charge in [0, 0.05) is 6.54 Å². The molecule has 0 aromatic heterocycles. The molecular weight excluding hydrogens is 367 g/mol. The highest BCUT2D eigenvalue weighted by molar-refractivity contribution is 5.96. The molecule has 150 valence electrons. The minimum absolute atomic E-state index is 0.162. The summed E-state index contributed by atoms with van der Waals surface area (Å²) in [5, 5.41) is 3.01. The van der Waals surface area contributed by atoms with E-state index in [-0.39, 0.29) is 11.7 Å². The molecule has 29 heavy (non-hydrogen) atoms. The molecule has 0 saturated carbocycles. The van der Waals surface area contributed by atoms with Crippen molar-refractivity contribution in [1.82, 2.24) is 4.90 Å². The van der Waals surface area contributed by atoms with E-state index in [0.29, 0.717) is 18.0 Å². The van der Waals surface area contributed by atoms with Crippen LogP contribution in [-0.2, 0) is 11.3 Å². The van der Waals surface area contributed by atoms with Crippen LogP contribution in [0.5, 0.6) is 5.75 Å². The maximum atomic E-state index is 13.3. The van der Waals surface area contributed by atoms with Crippen molar-refractivity contribution in [2.45, 2.75) is 19.5 Å². The number of carbonyl (C=O) groups excluding carboxylic acids is 1. The third-order valence-electron chi connectivity index (χ3n) is 4.76. The van der Waals surface area contributed by atoms with Gasteiger partial charge in [-0.3, -0.25) is 9.69 Å². The van der Waals surface area contributed by atoms with Crippen LogP contribution in [-0.4, -0.2) is 25.0 Å². The van der Waals surface area contributed by atoms with Crippen LogP contribution < -0.4 is 10.1 Å². The third kappa shape index (κ3) is 5.21. The topological polar surface area (TPSA) is 41.6 Å². The van der Waals surface area contributed by atoms with E-state index in [2.05, 4.69) is 5.32 Å². The van der Waals surface area contributed by atoms with Crippen LogP contribution in [0.1, 0.15) is 22.7 Å². The van der Waals surface area contributed by atoms with E-state index < -0.39 is 6.04 Å². The molecule has 0 spiro atoms. The first-order chi connectivity index (χ1) is 14.0. The Bertz CT molecular complexity index is 958. The Morgan fingerprint density at radius 2 is 1.76 bits per heavy atom. The van der Waals surface area contributed by atoms with Crippen molar-refractivity contribution < 1.29 is 13.9 Å². The van der Waals surface area contributed by atoms with E-state index in [9.17, 15) is 9.18 Å². The lowest BCUT2D eigenvalue weighted by molar-refractivity contribution is -0.121. The number of methoxy groups -OCH3 is 1. The molecule has 0 unspecified atom stereocenters. The van der Waals surface area contributed by atoms with Gasteiger partial charge < -0.3 is 10.1 Å². The van der Waals surface area contributed by atoms with Gasteiger partial charge >= 0.3 is 0 Å². The number of hydrogen-bond donors (Lipinski definition) is 1. The maximum absolute atomic E-state index is 13.3. The molecule has 0 fully saturated rings. The first-order valence-corrected chi connectivity index (χ1v) is 9.43. The van der Waals surface area contributed by atoms with Crippen LogP contribution in [0.25, 0.3) is 0 Å². The highest BCUT2D eigenvalue weighted by Crippen LogP contribution is 2.28. The quantitative estimate of drug-likeness (QED) is 0.618. The van der Waals surface area contributed by atoms with Crippen molar-refractivity contribution in [3.63, 3.8) is 0 Å². The third-order valence-corrected chi connectivity index (χ3v) is 4.76. The largest absolute Gasteiger partial charge is 0.495 e. The van der Waals surface area contributed by atoms with Gasteiger partial charge in [0.1, 0.15) is 17.6 Å². The van der Waals surface area contributed by atoms with Crippen LogP contribution in [0.3, 0.4) is 0 Å². The van der Waals surface area contributed by atoms with Crippen molar-refractivity contribution in [2.75, 3.05) is 19.5 Å². The highest BCUT2D eigenvalue weighted by atomic mass is 19.1. The van der Waals surface area contributed by atoms with Crippen LogP contribution >= 0.6 is 0 Å². The van der Waals surface area contributed by atoms with Crippen LogP contribution in [0.2, 0.25) is 0 Å². The zero-order chi connectivity index (χ0) is 20.8. The van der Waals surface area contributed by atoms with Crippen molar-refractivity contribution in [3.05, 3.63) is 95.3 Å². The SMILES string of the molecule is COc1ccc(C)cc1NC(=O)[C@@H](c1ccccc1)N(C)Cc1ccc(F)cc1. The number of likely N-dealkylation sites (N-methyl/N-ethyl adjacent to an activating group) is 1. The number of hydrogen-bond acceptors (Lipinski definition) is 3. The van der Waals surface area contributed by atoms with Crippen molar-refractivity contribution in [2.24, 2.45) is 0 Å². The predicted molar refractivity (Wildman–Crippen MR) is 113 cm³/mol. The van der Waals surface area contributed by atoms with Crippen molar-refractivity contribution in [1.29, 1.82) is 0 Å². The zero-order valence-electron chi connectivity index (χ0n) is 16.9. The summed E-state index contributed by atoms with van der Waals surface area (Å²) in [6, 6.07) is 21.1. The fraction of sp³-hybridized carbons (Fsp3) is 0.208. The Hall–Kier alpha value is -3.18. The Balaban J connectivity index is 1.88. The monoisotopic (exact) mass is 392 g/mol. The van der Waals surface area contributed by atoms with Gasteiger partial charge in [0.15, 0.2) is 0 Å². The standard InChI is InChI=1S/C24H25FN2O2/c1-17-9-14-22(29-3)21(15-17)26-24(28)23(19-7-5-4-6-8-19)27(2)16-18-10-12-20(25)13-11-18/h4-15,23H,16H2,1-3H3,(H,26,28)/t23-/m1/s1. The minimum Gasteiger partial charge on any atom is -0.495 e. The summed E-state index contributed by atoms with van der Waals surface area (Å²) in [7, 11) is 3.46. The first kappa shape index (κ1) is 20.6. The van der Waals surface area contributed by atoms with Gasteiger partial charge in [-0.15, -0.1) is 0 Å². The Morgan fingerprint density at radius 1 is 1.07 bits per heavy atom. The molecule has 0 bridgehead atoms. The lowest BCUT2D eigenvalue weighted by Crippen LogP contribution is -2.34. The summed E-state index contributed by atoms with van der Waals surface area (Å²) in [6.45, 7) is 2.46. The summed E-state index contributed by atoms with van der Waals surface area (Å²) >= 11 is 0. The Labute approximate surface area is 170 Å². The molecule has 3 aromatic carbocycles. The minimum atomic E-state index is -0.522. The molecule has 1 N–H and O–H groups in total. The number of benzene rings is 3. The molecule has 5 heteroatoms. The summed E-state index contributed by atoms with van der Waals surface area (Å²) in [5.41, 5.74) is 3.46. The summed E-state index contributed by atoms with van der Waals surface area (Å²) < 4.78 is 18.6. The molecule has 0 heterocycles. The van der Waals surface area contributed by atoms with E-state index >= 15 is 0 Å². The summed E-state index contributed by atoms with van der Waals surface area (Å²) in [6.07, 6.45) is 0. The van der Waals surface area contributed by atoms with Gasteiger partial charge in [0.25, 0.3) is 0 Å². The molecule has 4 nitrogen and oxygen atoms in total. The fourth-order valence-electron chi connectivity index (χ4n) is 3.33. The molecule has 0 radical (unpaired) electrons. The Kier molecular flexibility index (Phi) is 6.62. The van der Waals surface area contributed by atoms with E-state index in [4.69, 9.17) is 4.74 Å². The van der Waals surface area contributed by atoms with Gasteiger partial charge in [-0.25, -0.2) is 4.39 Å². The van der Waals surface area contributed by atoms with Crippen LogP contribution in [0.15, 0.2) is 72.8 Å². The van der Waals surface area contributed by atoms with E-state index in [1.807, 2.05) is 67.4 Å². The number of nitrogens with one attached hydrogen (secondary N) is 1. The smallest absolute Gasteiger partial charge is 0.246 e. The summed E-state index contributed by atoms with van der Waals surface area (Å²) in [4.78, 5) is 15.3. The van der Waals surface area contributed by atoms with E-state index in [1.54, 1.807) is 19.2 Å². The predicted octanol–water partition coefficient (Wildman–Crippen LogP) is 4.95. The number of carbonyl (C=O) groups is 1. The number of anilines is 1. The number of halogens is 1. The summed E-state index contributed by atoms with van der Waals surface area (Å²) in [5.74, 6) is 0.168. The second-order valence-corrected chi connectivity index (χ2v) is 7.05. The lowest BCUT2D eigenvalue weighted by Gasteiger charge is -2.28. The number of amides is 1. The van der Waals surface area contributed by atoms with Gasteiger partial charge in [-0.1, -0.05) is 48.5 Å². The van der Waals surface area contributed by atoms with Crippen LogP contribution in [0.4, 0.5) is 10.1 Å². The van der Waals surface area contributed by atoms with Crippen LogP contribution in [0, 0.1) is 12.7 Å². The molecule has 3 aromatic rings. The van der Waals surface area contributed by atoms with E-state index in [0.717, 1.165) is 16.7 Å². The second-order valence-electron chi connectivity index (χ2n) is 7.05. The molecule has 0 saturated heterocycles. The van der Waals surface area contributed by atoms with Gasteiger partial charge in [-0.2, -0.15) is 0 Å². The highest BCUT2D eigenvalue weighted by Gasteiger charge is 2.26. The zero-order valence-corrected chi connectivity index (χ0v) is 16.9. The van der Waals surface area contributed by atoms with Gasteiger partial charge in [-0.05, 0) is 54.9 Å². The number of aryl methyl sites for hydroxylation is 1. The average molecular weight is 392 g/mol. The van der Waals surface area contributed by atoms with Gasteiger partial charge in [0.05, 0.1) is 12.8 Å². The maximum Gasteiger partial charge on any atom is 0.246 e. The molecule has 0 aliphatic carbocycles. The van der Waals surface area contributed by atoms with Crippen molar-refractivity contribution in [3.8, 4) is 5.75 Å². The molecule has 0 aliphatic rings. The lowest BCUT2D eigenvalue weighted by atomic mass is 10.0. The van der Waals surface area contributed by atoms with E-state index in [1.165, 1.54) is 12.1 Å². The molecule has 1 amide bonds. The number of rotatable bonds is 7. The molecule has 0 aliphatic heterocycles. The number of ether oxygens (including phenoxy) is 1. The molecular formula is C24H25FN2O2. The van der Waals surface area contributed by atoms with Gasteiger partial charge in [0.2, 0.25) is 5.91 Å².